The van der Waals surface area contributed by atoms with Gasteiger partial charge >= 0.3 is 0 Å². The number of benzene rings is 2. The van der Waals surface area contributed by atoms with E-state index in [-0.39, 0.29) is 52.1 Å². The number of pyridine rings is 1. The summed E-state index contributed by atoms with van der Waals surface area (Å²) in [5.41, 5.74) is -0.200. The van der Waals surface area contributed by atoms with Crippen molar-refractivity contribution in [3.05, 3.63) is 94.0 Å². The monoisotopic (exact) mass is 466 g/mol. The molecule has 0 spiro atoms. The molecule has 7 nitrogen and oxygen atoms in total. The quantitative estimate of drug-likeness (QED) is 0.308. The van der Waals surface area contributed by atoms with Gasteiger partial charge in [0.25, 0.3) is 0 Å². The molecule has 0 bridgehead atoms. The first-order valence-electron chi connectivity index (χ1n) is 10.1. The normalized spacial score (nSPS) is 10.8. The summed E-state index contributed by atoms with van der Waals surface area (Å²) in [6.45, 7) is 1.69. The van der Waals surface area contributed by atoms with Crippen molar-refractivity contribution in [2.75, 3.05) is 0 Å². The summed E-state index contributed by atoms with van der Waals surface area (Å²) in [6, 6.07) is 10.5. The van der Waals surface area contributed by atoms with Crippen molar-refractivity contribution >= 4 is 17.3 Å². The van der Waals surface area contributed by atoms with E-state index in [1.165, 1.54) is 41.0 Å². The van der Waals surface area contributed by atoms with Crippen molar-refractivity contribution in [3.8, 4) is 22.8 Å². The van der Waals surface area contributed by atoms with Gasteiger partial charge in [0.1, 0.15) is 11.6 Å². The minimum atomic E-state index is -0.915. The summed E-state index contributed by atoms with van der Waals surface area (Å²) in [5.74, 6) is -3.16. The van der Waals surface area contributed by atoms with Crippen LogP contribution in [0.25, 0.3) is 16.6 Å². The third kappa shape index (κ3) is 4.51. The largest absolute Gasteiger partial charge is 0.434 e. The van der Waals surface area contributed by atoms with Crippen molar-refractivity contribution in [2.45, 2.75) is 13.3 Å². The van der Waals surface area contributed by atoms with Gasteiger partial charge in [-0.05, 0) is 36.4 Å². The molecular formula is C24H17F3N4O3. The van der Waals surface area contributed by atoms with E-state index >= 15 is 0 Å². The third-order valence-corrected chi connectivity index (χ3v) is 4.86. The third-order valence-electron chi connectivity index (χ3n) is 4.86. The van der Waals surface area contributed by atoms with Gasteiger partial charge in [-0.3, -0.25) is 15.6 Å². The number of rotatable bonds is 5. The molecule has 172 valence electrons. The van der Waals surface area contributed by atoms with Gasteiger partial charge in [-0.1, -0.05) is 6.92 Å². The molecule has 2 aromatic carbocycles. The molecule has 4 rings (SSSR count). The van der Waals surface area contributed by atoms with E-state index in [1.54, 1.807) is 6.92 Å². The fourth-order valence-electron chi connectivity index (χ4n) is 3.19. The molecule has 34 heavy (non-hydrogen) atoms. The van der Waals surface area contributed by atoms with Crippen LogP contribution in [-0.4, -0.2) is 21.4 Å². The van der Waals surface area contributed by atoms with E-state index in [1.807, 2.05) is 0 Å². The van der Waals surface area contributed by atoms with Gasteiger partial charge in [0, 0.05) is 41.9 Å². The maximum atomic E-state index is 14.8. The summed E-state index contributed by atoms with van der Waals surface area (Å²) in [7, 11) is 0. The Kier molecular flexibility index (Phi) is 6.13. The second-order valence-corrected chi connectivity index (χ2v) is 7.14. The van der Waals surface area contributed by atoms with Crippen LogP contribution in [-0.2, 0) is 4.74 Å². The predicted molar refractivity (Wildman–Crippen MR) is 119 cm³/mol. The smallest absolute Gasteiger partial charge is 0.237 e. The lowest BCUT2D eigenvalue weighted by atomic mass is 10.0. The molecule has 10 heteroatoms. The first kappa shape index (κ1) is 22.7. The highest BCUT2D eigenvalue weighted by molar-refractivity contribution is 6.00. The van der Waals surface area contributed by atoms with Gasteiger partial charge < -0.3 is 9.47 Å². The maximum Gasteiger partial charge on any atom is 0.237 e. The second kappa shape index (κ2) is 9.18. The Balaban J connectivity index is 1.77. The van der Waals surface area contributed by atoms with Crippen LogP contribution in [0.15, 0.2) is 65.6 Å². The van der Waals surface area contributed by atoms with E-state index in [4.69, 9.17) is 20.3 Å². The number of hydrogen-bond donors (Lipinski definition) is 2. The van der Waals surface area contributed by atoms with Crippen molar-refractivity contribution in [2.24, 2.45) is 0 Å². The van der Waals surface area contributed by atoms with Gasteiger partial charge in [-0.15, -0.1) is 5.10 Å². The van der Waals surface area contributed by atoms with Gasteiger partial charge in [0.05, 0.1) is 11.1 Å². The summed E-state index contributed by atoms with van der Waals surface area (Å²) < 4.78 is 53.6. The number of halogens is 3. The number of nitrogens with one attached hydrogen (secondary N) is 2. The van der Waals surface area contributed by atoms with Crippen molar-refractivity contribution in [1.29, 1.82) is 10.8 Å². The molecule has 0 saturated heterocycles. The van der Waals surface area contributed by atoms with Gasteiger partial charge in [-0.2, -0.15) is 0 Å². The average molecular weight is 466 g/mol. The van der Waals surface area contributed by atoms with Crippen molar-refractivity contribution < 1.29 is 22.6 Å². The zero-order valence-electron chi connectivity index (χ0n) is 17.7. The molecule has 0 unspecified atom stereocenters. The van der Waals surface area contributed by atoms with Crippen LogP contribution in [0.2, 0.25) is 0 Å². The SMILES string of the molecule is CCC(=N)OC(=N)c1ccc(F)c(-c2c(=O)ccn3nc(Oc4ccc(F)cc4F)ccc23)c1. The standard InChI is InChI=1S/C24H17F3N4O3/c1-2-21(28)34-24(29)13-3-5-16(26)15(11-13)23-18-6-8-22(30-31(18)10-9-19(23)32)33-20-7-4-14(25)12-17(20)27/h3-12,28-29H,2H2,1H3. The highest BCUT2D eigenvalue weighted by atomic mass is 19.1. The molecule has 0 aliphatic carbocycles. The predicted octanol–water partition coefficient (Wildman–Crippen LogP) is 5.30. The molecule has 2 N–H and O–H groups in total. The molecule has 0 radical (unpaired) electrons. The molecule has 0 atom stereocenters. The number of ether oxygens (including phenoxy) is 2. The Bertz CT molecular complexity index is 1500. The minimum absolute atomic E-state index is 0.0211. The fourth-order valence-corrected chi connectivity index (χ4v) is 3.19. The average Bonchev–Trinajstić information content (AvgIpc) is 2.81. The highest BCUT2D eigenvalue weighted by Crippen LogP contribution is 2.28. The number of aromatic nitrogens is 2. The van der Waals surface area contributed by atoms with Crippen molar-refractivity contribution in [1.82, 2.24) is 9.61 Å². The topological polar surface area (TPSA) is 101 Å². The van der Waals surface area contributed by atoms with Gasteiger partial charge in [0.2, 0.25) is 11.8 Å². The lowest BCUT2D eigenvalue weighted by Crippen LogP contribution is -2.13. The number of fused-ring (bicyclic) bond motifs is 1. The second-order valence-electron chi connectivity index (χ2n) is 7.14. The molecule has 0 amide bonds. The molecule has 4 aromatic rings. The van der Waals surface area contributed by atoms with E-state index in [0.717, 1.165) is 18.2 Å². The van der Waals surface area contributed by atoms with Gasteiger partial charge in [-0.25, -0.2) is 17.7 Å². The van der Waals surface area contributed by atoms with Crippen LogP contribution >= 0.6 is 0 Å². The van der Waals surface area contributed by atoms with Crippen molar-refractivity contribution in [3.63, 3.8) is 0 Å². The number of hydrogen-bond acceptors (Lipinski definition) is 6. The van der Waals surface area contributed by atoms with Crippen LogP contribution in [0, 0.1) is 28.3 Å². The summed E-state index contributed by atoms with van der Waals surface area (Å²) in [5, 5.41) is 19.8. The Morgan fingerprint density at radius 2 is 1.79 bits per heavy atom. The molecule has 0 saturated carbocycles. The molecule has 0 aliphatic heterocycles. The van der Waals surface area contributed by atoms with Gasteiger partial charge in [0.15, 0.2) is 22.9 Å². The zero-order chi connectivity index (χ0) is 24.4. The summed E-state index contributed by atoms with van der Waals surface area (Å²) >= 11 is 0. The summed E-state index contributed by atoms with van der Waals surface area (Å²) in [6.07, 6.45) is 1.61. The molecule has 0 fully saturated rings. The van der Waals surface area contributed by atoms with Crippen LogP contribution in [0.5, 0.6) is 11.6 Å². The zero-order valence-corrected chi connectivity index (χ0v) is 17.7. The van der Waals surface area contributed by atoms with E-state index in [2.05, 4.69) is 5.10 Å². The summed E-state index contributed by atoms with van der Waals surface area (Å²) in [4.78, 5) is 12.7. The van der Waals surface area contributed by atoms with E-state index in [0.29, 0.717) is 6.07 Å². The first-order chi connectivity index (χ1) is 16.3. The van der Waals surface area contributed by atoms with Crippen LogP contribution < -0.4 is 10.2 Å². The number of nitrogens with zero attached hydrogens (tertiary/aromatic N) is 2. The van der Waals surface area contributed by atoms with E-state index < -0.39 is 22.9 Å². The lowest BCUT2D eigenvalue weighted by molar-refractivity contribution is 0.416. The highest BCUT2D eigenvalue weighted by Gasteiger charge is 2.17. The molecule has 0 aliphatic rings. The Morgan fingerprint density at radius 3 is 2.53 bits per heavy atom. The molecular weight excluding hydrogens is 449 g/mol. The first-order valence-corrected chi connectivity index (χ1v) is 10.1. The van der Waals surface area contributed by atoms with E-state index in [9.17, 15) is 18.0 Å². The van der Waals surface area contributed by atoms with Crippen LogP contribution in [0.1, 0.15) is 18.9 Å². The fraction of sp³-hybridized carbons (Fsp3) is 0.0833. The van der Waals surface area contributed by atoms with Crippen LogP contribution in [0.4, 0.5) is 13.2 Å². The molecule has 2 aromatic heterocycles. The lowest BCUT2D eigenvalue weighted by Gasteiger charge is -2.12. The minimum Gasteiger partial charge on any atom is -0.434 e. The Labute approximate surface area is 191 Å². The maximum absolute atomic E-state index is 14.8. The van der Waals surface area contributed by atoms with Crippen LogP contribution in [0.3, 0.4) is 0 Å². The Hall–Kier alpha value is -4.47. The Morgan fingerprint density at radius 1 is 1.00 bits per heavy atom. The molecule has 2 heterocycles.